The molecule has 0 aliphatic carbocycles. The van der Waals surface area contributed by atoms with E-state index in [2.05, 4.69) is 25.5 Å². The van der Waals surface area contributed by atoms with Crippen LogP contribution in [0.3, 0.4) is 0 Å². The molecule has 3 rings (SSSR count). The monoisotopic (exact) mass is 399 g/mol. The largest absolute Gasteiger partial charge is 0.434 e. The van der Waals surface area contributed by atoms with Crippen LogP contribution in [0.4, 0.5) is 8.78 Å². The second kappa shape index (κ2) is 9.68. The number of guanidine groups is 1. The van der Waals surface area contributed by atoms with Crippen LogP contribution < -0.4 is 15.4 Å². The van der Waals surface area contributed by atoms with Crippen molar-refractivity contribution in [2.75, 3.05) is 7.05 Å². The Morgan fingerprint density at radius 1 is 1.10 bits per heavy atom. The summed E-state index contributed by atoms with van der Waals surface area (Å²) < 4.78 is 31.6. The normalized spacial score (nSPS) is 11.6. The Balaban J connectivity index is 1.58. The average molecular weight is 399 g/mol. The third-order valence-corrected chi connectivity index (χ3v) is 4.20. The molecule has 2 aromatic carbocycles. The zero-order chi connectivity index (χ0) is 20.6. The first-order valence-corrected chi connectivity index (χ1v) is 9.14. The summed E-state index contributed by atoms with van der Waals surface area (Å²) in [6, 6.07) is 16.8. The van der Waals surface area contributed by atoms with Crippen LogP contribution in [0.1, 0.15) is 16.8 Å². The molecule has 152 valence electrons. The summed E-state index contributed by atoms with van der Waals surface area (Å²) in [5.74, 6) is 0.680. The molecule has 0 aliphatic heterocycles. The molecule has 0 atom stereocenters. The summed E-state index contributed by atoms with van der Waals surface area (Å²) in [6.45, 7) is -0.213. The summed E-state index contributed by atoms with van der Waals surface area (Å²) in [7, 11) is 1.64. The Morgan fingerprint density at radius 3 is 2.59 bits per heavy atom. The lowest BCUT2D eigenvalue weighted by Gasteiger charge is -2.15. The lowest BCUT2D eigenvalue weighted by Crippen LogP contribution is -2.36. The average Bonchev–Trinajstić information content (AvgIpc) is 3.19. The van der Waals surface area contributed by atoms with Crippen LogP contribution in [0.5, 0.6) is 5.75 Å². The van der Waals surface area contributed by atoms with Gasteiger partial charge in [-0.2, -0.15) is 13.9 Å². The topological polar surface area (TPSA) is 63.5 Å². The van der Waals surface area contributed by atoms with E-state index in [1.807, 2.05) is 49.5 Å². The van der Waals surface area contributed by atoms with E-state index in [1.54, 1.807) is 29.9 Å². The summed E-state index contributed by atoms with van der Waals surface area (Å²) in [4.78, 5) is 4.17. The lowest BCUT2D eigenvalue weighted by molar-refractivity contribution is -0.0504. The molecule has 1 aromatic heterocycles. The molecule has 6 nitrogen and oxygen atoms in total. The summed E-state index contributed by atoms with van der Waals surface area (Å²) >= 11 is 0. The van der Waals surface area contributed by atoms with E-state index in [0.717, 1.165) is 16.9 Å². The Bertz CT molecular complexity index is 957. The molecule has 0 saturated carbocycles. The van der Waals surface area contributed by atoms with E-state index in [1.165, 1.54) is 0 Å². The highest BCUT2D eigenvalue weighted by Gasteiger charge is 2.11. The molecule has 0 unspecified atom stereocenters. The van der Waals surface area contributed by atoms with E-state index >= 15 is 0 Å². The zero-order valence-electron chi connectivity index (χ0n) is 16.3. The number of benzene rings is 2. The summed E-state index contributed by atoms with van der Waals surface area (Å²) in [6.07, 6.45) is 1.89. The molecule has 0 fully saturated rings. The van der Waals surface area contributed by atoms with Gasteiger partial charge in [-0.15, -0.1) is 0 Å². The summed E-state index contributed by atoms with van der Waals surface area (Å²) in [5.41, 5.74) is 3.40. The highest BCUT2D eigenvalue weighted by molar-refractivity contribution is 5.79. The molecule has 0 aliphatic rings. The molecule has 8 heteroatoms. The van der Waals surface area contributed by atoms with Gasteiger partial charge in [-0.3, -0.25) is 4.99 Å². The van der Waals surface area contributed by atoms with Gasteiger partial charge in [0.1, 0.15) is 5.75 Å². The maximum absolute atomic E-state index is 12.6. The van der Waals surface area contributed by atoms with Crippen molar-refractivity contribution in [1.29, 1.82) is 0 Å². The molecule has 1 heterocycles. The second-order valence-corrected chi connectivity index (χ2v) is 6.36. The first-order chi connectivity index (χ1) is 14.0. The van der Waals surface area contributed by atoms with Gasteiger partial charge < -0.3 is 15.4 Å². The van der Waals surface area contributed by atoms with E-state index in [4.69, 9.17) is 0 Å². The lowest BCUT2D eigenvalue weighted by atomic mass is 10.1. The number of para-hydroxylation sites is 1. The molecule has 3 aromatic rings. The fraction of sp³-hybridized carbons (Fsp3) is 0.238. The van der Waals surface area contributed by atoms with Crippen molar-refractivity contribution in [3.05, 3.63) is 77.6 Å². The Morgan fingerprint density at radius 2 is 1.86 bits per heavy atom. The van der Waals surface area contributed by atoms with Gasteiger partial charge in [-0.25, -0.2) is 4.68 Å². The van der Waals surface area contributed by atoms with Gasteiger partial charge in [0.25, 0.3) is 0 Å². The van der Waals surface area contributed by atoms with Crippen molar-refractivity contribution in [2.24, 2.45) is 4.99 Å². The van der Waals surface area contributed by atoms with Crippen molar-refractivity contribution >= 4 is 5.96 Å². The van der Waals surface area contributed by atoms with Crippen molar-refractivity contribution in [2.45, 2.75) is 26.6 Å². The summed E-state index contributed by atoms with van der Waals surface area (Å²) in [5, 5.41) is 10.8. The van der Waals surface area contributed by atoms with Crippen LogP contribution in [-0.4, -0.2) is 29.4 Å². The number of aryl methyl sites for hydroxylation is 1. The van der Waals surface area contributed by atoms with Gasteiger partial charge in [0.05, 0.1) is 17.9 Å². The highest BCUT2D eigenvalue weighted by Crippen LogP contribution is 2.22. The van der Waals surface area contributed by atoms with Crippen molar-refractivity contribution in [1.82, 2.24) is 20.4 Å². The fourth-order valence-electron chi connectivity index (χ4n) is 2.81. The van der Waals surface area contributed by atoms with Crippen LogP contribution in [0.25, 0.3) is 5.69 Å². The fourth-order valence-corrected chi connectivity index (χ4v) is 2.81. The van der Waals surface area contributed by atoms with Crippen LogP contribution >= 0.6 is 0 Å². The van der Waals surface area contributed by atoms with Gasteiger partial charge in [-0.1, -0.05) is 35.9 Å². The SMILES string of the molecule is CN=C(NCc1ccn(-c2ccccc2)n1)NCc1cc(C)ccc1OC(F)F. The molecule has 0 radical (unpaired) electrons. The molecule has 29 heavy (non-hydrogen) atoms. The van der Waals surface area contributed by atoms with Gasteiger partial charge in [-0.05, 0) is 31.2 Å². The van der Waals surface area contributed by atoms with Gasteiger partial charge in [0.2, 0.25) is 0 Å². The van der Waals surface area contributed by atoms with Crippen LogP contribution in [0.2, 0.25) is 0 Å². The maximum atomic E-state index is 12.6. The van der Waals surface area contributed by atoms with Gasteiger partial charge in [0, 0.05) is 25.4 Å². The quantitative estimate of drug-likeness (QED) is 0.470. The van der Waals surface area contributed by atoms with Gasteiger partial charge in [0.15, 0.2) is 5.96 Å². The van der Waals surface area contributed by atoms with E-state index in [-0.39, 0.29) is 5.75 Å². The first-order valence-electron chi connectivity index (χ1n) is 9.14. The number of halogens is 2. The van der Waals surface area contributed by atoms with Crippen LogP contribution in [0.15, 0.2) is 65.8 Å². The standard InChI is InChI=1S/C21H23F2N5O/c1-15-8-9-19(29-20(22)23)16(12-15)13-25-21(24-2)26-14-17-10-11-28(27-17)18-6-4-3-5-7-18/h3-12,20H,13-14H2,1-2H3,(H2,24,25,26). The van der Waals surface area contributed by atoms with E-state index in [0.29, 0.717) is 24.6 Å². The molecule has 0 bridgehead atoms. The van der Waals surface area contributed by atoms with Crippen molar-refractivity contribution < 1.29 is 13.5 Å². The van der Waals surface area contributed by atoms with E-state index in [9.17, 15) is 8.78 Å². The molecular weight excluding hydrogens is 376 g/mol. The van der Waals surface area contributed by atoms with E-state index < -0.39 is 6.61 Å². The number of rotatable bonds is 7. The highest BCUT2D eigenvalue weighted by atomic mass is 19.3. The molecule has 0 spiro atoms. The van der Waals surface area contributed by atoms with Crippen LogP contribution in [-0.2, 0) is 13.1 Å². The number of hydrogen-bond donors (Lipinski definition) is 2. The number of ether oxygens (including phenoxy) is 1. The Hall–Kier alpha value is -3.42. The minimum Gasteiger partial charge on any atom is -0.434 e. The smallest absolute Gasteiger partial charge is 0.387 e. The van der Waals surface area contributed by atoms with Gasteiger partial charge >= 0.3 is 6.61 Å². The van der Waals surface area contributed by atoms with Crippen molar-refractivity contribution in [3.8, 4) is 11.4 Å². The first kappa shape index (κ1) is 20.3. The number of hydrogen-bond acceptors (Lipinski definition) is 3. The number of alkyl halides is 2. The second-order valence-electron chi connectivity index (χ2n) is 6.36. The maximum Gasteiger partial charge on any atom is 0.387 e. The zero-order valence-corrected chi connectivity index (χ0v) is 16.3. The Kier molecular flexibility index (Phi) is 6.78. The Labute approximate surface area is 168 Å². The third kappa shape index (κ3) is 5.78. The number of aliphatic imine (C=N–C) groups is 1. The minimum absolute atomic E-state index is 0.148. The molecular formula is C21H23F2N5O. The number of nitrogens with one attached hydrogen (secondary N) is 2. The third-order valence-electron chi connectivity index (χ3n) is 4.20. The minimum atomic E-state index is -2.87. The molecule has 0 saturated heterocycles. The number of aromatic nitrogens is 2. The predicted molar refractivity (Wildman–Crippen MR) is 108 cm³/mol. The molecule has 0 amide bonds. The predicted octanol–water partition coefficient (Wildman–Crippen LogP) is 3.65. The molecule has 2 N–H and O–H groups in total. The van der Waals surface area contributed by atoms with Crippen LogP contribution in [0, 0.1) is 6.92 Å². The number of nitrogens with zero attached hydrogens (tertiary/aromatic N) is 3. The van der Waals surface area contributed by atoms with Crippen molar-refractivity contribution in [3.63, 3.8) is 0 Å².